The molecule has 2 aromatic carbocycles. The van der Waals surface area contributed by atoms with Crippen LogP contribution in [0.1, 0.15) is 29.6 Å². The van der Waals surface area contributed by atoms with Crippen LogP contribution in [-0.4, -0.2) is 30.4 Å². The van der Waals surface area contributed by atoms with E-state index in [4.69, 9.17) is 0 Å². The molecule has 2 saturated heterocycles. The van der Waals surface area contributed by atoms with Gasteiger partial charge in [-0.15, -0.1) is 0 Å². The molecule has 5 nitrogen and oxygen atoms in total. The number of nitrogens with one attached hydrogen (secondary N) is 3. The smallest absolute Gasteiger partial charge is 0.251 e. The highest BCUT2D eigenvalue weighted by Gasteiger charge is 2.39. The highest BCUT2D eigenvalue weighted by Crippen LogP contribution is 2.29. The molecule has 0 aromatic heterocycles. The fourth-order valence-electron chi connectivity index (χ4n) is 3.84. The molecule has 3 unspecified atom stereocenters. The number of rotatable bonds is 4. The van der Waals surface area contributed by atoms with E-state index in [0.717, 1.165) is 23.6 Å². The number of anilines is 1. The zero-order valence-electron chi connectivity index (χ0n) is 12.7. The Morgan fingerprint density at radius 1 is 1.22 bits per heavy atom. The minimum atomic E-state index is -0.0489. The van der Waals surface area contributed by atoms with Crippen molar-refractivity contribution in [1.82, 2.24) is 10.6 Å². The summed E-state index contributed by atoms with van der Waals surface area (Å²) in [6, 6.07) is 12.5. The fraction of sp³-hybridized carbons (Fsp3) is 0.333. The largest absolute Gasteiger partial charge is 0.348 e. The third-order valence-corrected chi connectivity index (χ3v) is 4.98. The number of hydrogen-bond donors (Lipinski definition) is 3. The summed E-state index contributed by atoms with van der Waals surface area (Å²) >= 11 is 0. The van der Waals surface area contributed by atoms with Crippen molar-refractivity contribution in [2.45, 2.75) is 37.4 Å². The molecule has 0 saturated carbocycles. The lowest BCUT2D eigenvalue weighted by Crippen LogP contribution is -2.42. The van der Waals surface area contributed by atoms with Gasteiger partial charge in [0, 0.05) is 34.8 Å². The van der Waals surface area contributed by atoms with Crippen LogP contribution in [0.25, 0.3) is 10.8 Å². The molecule has 2 aliphatic heterocycles. The summed E-state index contributed by atoms with van der Waals surface area (Å²) in [5.41, 5.74) is 1.34. The van der Waals surface area contributed by atoms with Crippen LogP contribution in [0.5, 0.6) is 0 Å². The molecule has 23 heavy (non-hydrogen) atoms. The number of hydrogen-bond acceptors (Lipinski definition) is 3. The second-order valence-electron chi connectivity index (χ2n) is 6.37. The maximum Gasteiger partial charge on any atom is 0.251 e. The van der Waals surface area contributed by atoms with E-state index in [1.165, 1.54) is 6.42 Å². The molecule has 2 bridgehead atoms. The minimum Gasteiger partial charge on any atom is -0.348 e. The average molecular weight is 309 g/mol. The Morgan fingerprint density at radius 3 is 2.87 bits per heavy atom. The first kappa shape index (κ1) is 14.2. The molecule has 4 rings (SSSR count). The molecule has 2 heterocycles. The molecule has 0 aliphatic carbocycles. The Bertz CT molecular complexity index is 774. The SMILES string of the molecule is O=CNc1cccc2ccc(C(=O)NC3CC4CCC3N4)cc12. The maximum absolute atomic E-state index is 12.6. The van der Waals surface area contributed by atoms with Gasteiger partial charge in [0.1, 0.15) is 0 Å². The van der Waals surface area contributed by atoms with Crippen molar-refractivity contribution >= 4 is 28.8 Å². The van der Waals surface area contributed by atoms with Crippen LogP contribution in [0.4, 0.5) is 5.69 Å². The summed E-state index contributed by atoms with van der Waals surface area (Å²) in [5, 5.41) is 11.2. The molecular formula is C18H19N3O2. The molecule has 3 N–H and O–H groups in total. The molecule has 2 aromatic rings. The number of carbonyl (C=O) groups excluding carboxylic acids is 2. The minimum absolute atomic E-state index is 0.0489. The summed E-state index contributed by atoms with van der Waals surface area (Å²) in [5.74, 6) is -0.0489. The Morgan fingerprint density at radius 2 is 2.13 bits per heavy atom. The van der Waals surface area contributed by atoms with Crippen molar-refractivity contribution in [2.24, 2.45) is 0 Å². The topological polar surface area (TPSA) is 70.2 Å². The monoisotopic (exact) mass is 309 g/mol. The molecule has 0 radical (unpaired) electrons. The van der Waals surface area contributed by atoms with Crippen LogP contribution in [0.3, 0.4) is 0 Å². The van der Waals surface area contributed by atoms with E-state index >= 15 is 0 Å². The van der Waals surface area contributed by atoms with Crippen molar-refractivity contribution in [2.75, 3.05) is 5.32 Å². The van der Waals surface area contributed by atoms with Gasteiger partial charge in [-0.3, -0.25) is 9.59 Å². The molecule has 2 amide bonds. The fourth-order valence-corrected chi connectivity index (χ4v) is 3.84. The Hall–Kier alpha value is -2.40. The number of fused-ring (bicyclic) bond motifs is 3. The van der Waals surface area contributed by atoms with Crippen LogP contribution in [0.15, 0.2) is 36.4 Å². The van der Waals surface area contributed by atoms with E-state index in [0.29, 0.717) is 29.7 Å². The predicted molar refractivity (Wildman–Crippen MR) is 89.5 cm³/mol. The average Bonchev–Trinajstić information content (AvgIpc) is 3.18. The molecule has 3 atom stereocenters. The van der Waals surface area contributed by atoms with Crippen molar-refractivity contribution in [3.8, 4) is 0 Å². The van der Waals surface area contributed by atoms with Gasteiger partial charge in [-0.05, 0) is 42.8 Å². The zero-order chi connectivity index (χ0) is 15.8. The van der Waals surface area contributed by atoms with E-state index in [1.807, 2.05) is 36.4 Å². The Labute approximate surface area is 134 Å². The molecule has 0 spiro atoms. The predicted octanol–water partition coefficient (Wildman–Crippen LogP) is 2.03. The van der Waals surface area contributed by atoms with E-state index in [1.54, 1.807) is 0 Å². The van der Waals surface area contributed by atoms with E-state index in [-0.39, 0.29) is 11.9 Å². The number of carbonyl (C=O) groups is 2. The lowest BCUT2D eigenvalue weighted by atomic mass is 9.95. The van der Waals surface area contributed by atoms with Crippen molar-refractivity contribution in [1.29, 1.82) is 0 Å². The van der Waals surface area contributed by atoms with Crippen LogP contribution in [-0.2, 0) is 4.79 Å². The van der Waals surface area contributed by atoms with Gasteiger partial charge < -0.3 is 16.0 Å². The molecule has 2 aliphatic rings. The van der Waals surface area contributed by atoms with E-state index in [2.05, 4.69) is 16.0 Å². The quantitative estimate of drug-likeness (QED) is 0.757. The van der Waals surface area contributed by atoms with Gasteiger partial charge in [-0.1, -0.05) is 18.2 Å². The van der Waals surface area contributed by atoms with Crippen molar-refractivity contribution in [3.63, 3.8) is 0 Å². The molecule has 5 heteroatoms. The van der Waals surface area contributed by atoms with Gasteiger partial charge in [0.05, 0.1) is 0 Å². The Kier molecular flexibility index (Phi) is 3.50. The first-order chi connectivity index (χ1) is 11.2. The van der Waals surface area contributed by atoms with Crippen molar-refractivity contribution in [3.05, 3.63) is 42.0 Å². The van der Waals surface area contributed by atoms with Crippen LogP contribution in [0.2, 0.25) is 0 Å². The van der Waals surface area contributed by atoms with Crippen molar-refractivity contribution < 1.29 is 9.59 Å². The van der Waals surface area contributed by atoms with Crippen LogP contribution >= 0.6 is 0 Å². The molecule has 118 valence electrons. The van der Waals surface area contributed by atoms with Gasteiger partial charge in [0.25, 0.3) is 5.91 Å². The van der Waals surface area contributed by atoms with Gasteiger partial charge >= 0.3 is 0 Å². The number of benzene rings is 2. The highest BCUT2D eigenvalue weighted by atomic mass is 16.1. The first-order valence-corrected chi connectivity index (χ1v) is 8.04. The normalized spacial score (nSPS) is 25.5. The summed E-state index contributed by atoms with van der Waals surface area (Å²) in [7, 11) is 0. The summed E-state index contributed by atoms with van der Waals surface area (Å²) in [4.78, 5) is 23.3. The standard InChI is InChI=1S/C18H19N3O2/c22-10-19-15-3-1-2-11-4-5-12(8-14(11)15)18(23)21-17-9-13-6-7-16(17)20-13/h1-5,8,10,13,16-17,20H,6-7,9H2,(H,19,22)(H,21,23). The van der Waals surface area contributed by atoms with Gasteiger partial charge in [-0.25, -0.2) is 0 Å². The molecular weight excluding hydrogens is 290 g/mol. The maximum atomic E-state index is 12.6. The summed E-state index contributed by atoms with van der Waals surface area (Å²) in [6.07, 6.45) is 4.03. The second-order valence-corrected chi connectivity index (χ2v) is 6.37. The van der Waals surface area contributed by atoms with Crippen LogP contribution < -0.4 is 16.0 Å². The lowest BCUT2D eigenvalue weighted by molar-refractivity contribution is -0.105. The Balaban J connectivity index is 1.59. The molecule has 2 fully saturated rings. The zero-order valence-corrected chi connectivity index (χ0v) is 12.7. The third kappa shape index (κ3) is 2.57. The van der Waals surface area contributed by atoms with Gasteiger partial charge in [0.2, 0.25) is 6.41 Å². The first-order valence-electron chi connectivity index (χ1n) is 8.04. The van der Waals surface area contributed by atoms with Crippen LogP contribution in [0, 0.1) is 0 Å². The third-order valence-electron chi connectivity index (χ3n) is 4.98. The highest BCUT2D eigenvalue weighted by molar-refractivity contribution is 6.03. The van der Waals surface area contributed by atoms with E-state index < -0.39 is 0 Å². The van der Waals surface area contributed by atoms with E-state index in [9.17, 15) is 9.59 Å². The number of amides is 2. The summed E-state index contributed by atoms with van der Waals surface area (Å²) < 4.78 is 0. The van der Waals surface area contributed by atoms with Gasteiger partial charge in [0.15, 0.2) is 0 Å². The summed E-state index contributed by atoms with van der Waals surface area (Å²) in [6.45, 7) is 0. The second kappa shape index (κ2) is 5.66. The van der Waals surface area contributed by atoms with Gasteiger partial charge in [-0.2, -0.15) is 0 Å². The lowest BCUT2D eigenvalue weighted by Gasteiger charge is -2.21.